The zero-order chi connectivity index (χ0) is 24.9. The van der Waals surface area contributed by atoms with E-state index in [9.17, 15) is 9.59 Å². The molecule has 2 heterocycles. The first-order valence-electron chi connectivity index (χ1n) is 11.7. The number of carbonyl (C=O) groups is 2. The maximum Gasteiger partial charge on any atom is 0.336 e. The van der Waals surface area contributed by atoms with Crippen LogP contribution in [0.5, 0.6) is 0 Å². The Morgan fingerprint density at radius 2 is 1.66 bits per heavy atom. The summed E-state index contributed by atoms with van der Waals surface area (Å²) in [7, 11) is 0. The van der Waals surface area contributed by atoms with Gasteiger partial charge in [0, 0.05) is 33.8 Å². The maximum atomic E-state index is 13.1. The van der Waals surface area contributed by atoms with Crippen molar-refractivity contribution in [2.75, 3.05) is 13.2 Å². The van der Waals surface area contributed by atoms with Crippen molar-refractivity contribution in [3.8, 4) is 21.8 Å². The maximum absolute atomic E-state index is 13.1. The summed E-state index contributed by atoms with van der Waals surface area (Å²) in [4.78, 5) is 35.4. The minimum absolute atomic E-state index is 0.233. The second-order valence-corrected chi connectivity index (χ2v) is 9.07. The molecule has 0 saturated carbocycles. The van der Waals surface area contributed by atoms with Crippen molar-refractivity contribution in [1.82, 2.24) is 4.98 Å². The molecule has 2 atom stereocenters. The fourth-order valence-corrected chi connectivity index (χ4v) is 5.25. The number of hydrogen-bond donors (Lipinski definition) is 0. The van der Waals surface area contributed by atoms with Gasteiger partial charge in [-0.2, -0.15) is 0 Å². The first-order chi connectivity index (χ1) is 16.9. The highest BCUT2D eigenvalue weighted by atomic mass is 32.1. The topological polar surface area (TPSA) is 77.8 Å². The third-order valence-corrected chi connectivity index (χ3v) is 6.82. The number of thiazole rings is 1. The van der Waals surface area contributed by atoms with Crippen molar-refractivity contribution in [3.05, 3.63) is 76.8 Å². The van der Waals surface area contributed by atoms with E-state index in [0.717, 1.165) is 27.4 Å². The molecule has 0 saturated heterocycles. The summed E-state index contributed by atoms with van der Waals surface area (Å²) < 4.78 is 10.8. The minimum atomic E-state index is -0.718. The van der Waals surface area contributed by atoms with Gasteiger partial charge in [-0.3, -0.25) is 9.79 Å². The zero-order valence-corrected chi connectivity index (χ0v) is 21.1. The number of allylic oxidation sites excluding steroid dienone is 1. The second-order valence-electron chi connectivity index (χ2n) is 8.21. The van der Waals surface area contributed by atoms with Crippen LogP contribution < -0.4 is 0 Å². The normalized spacial score (nSPS) is 17.7. The number of nitrogens with zero attached hydrogens (tertiary/aromatic N) is 2. The monoisotopic (exact) mass is 488 g/mol. The van der Waals surface area contributed by atoms with Gasteiger partial charge in [-0.1, -0.05) is 48.5 Å². The Kier molecular flexibility index (Phi) is 7.56. The molecule has 0 spiro atoms. The lowest BCUT2D eigenvalue weighted by molar-refractivity contribution is -0.146. The number of rotatable bonds is 7. The standard InChI is InChI=1S/C28H28N2O4S/c1-5-33-27(31)23-17(3)29-18(4)24(28(32)34-6-2)25(23)20-13-10-14-21(15-20)26-30-22(16-35-26)19-11-8-7-9-12-19/h7-16,23,25H,5-6H2,1-4H3. The van der Waals surface area contributed by atoms with Crippen molar-refractivity contribution in [1.29, 1.82) is 0 Å². The minimum Gasteiger partial charge on any atom is -0.465 e. The molecule has 6 nitrogen and oxygen atoms in total. The van der Waals surface area contributed by atoms with Crippen molar-refractivity contribution in [2.45, 2.75) is 33.6 Å². The Morgan fingerprint density at radius 1 is 0.943 bits per heavy atom. The first kappa shape index (κ1) is 24.5. The van der Waals surface area contributed by atoms with Gasteiger partial charge in [-0.15, -0.1) is 11.3 Å². The third kappa shape index (κ3) is 5.10. The summed E-state index contributed by atoms with van der Waals surface area (Å²) in [6, 6.07) is 17.9. The van der Waals surface area contributed by atoms with Crippen molar-refractivity contribution in [3.63, 3.8) is 0 Å². The van der Waals surface area contributed by atoms with Crippen LogP contribution in [0.15, 0.2) is 76.2 Å². The molecule has 0 N–H and O–H groups in total. The van der Waals surface area contributed by atoms with Gasteiger partial charge in [0.1, 0.15) is 10.9 Å². The Balaban J connectivity index is 1.79. The third-order valence-electron chi connectivity index (χ3n) is 5.93. The molecule has 0 amide bonds. The van der Waals surface area contributed by atoms with E-state index in [1.54, 1.807) is 39.0 Å². The molecule has 180 valence electrons. The summed E-state index contributed by atoms with van der Waals surface area (Å²) in [6.45, 7) is 7.59. The molecule has 2 aromatic carbocycles. The van der Waals surface area contributed by atoms with E-state index in [4.69, 9.17) is 14.5 Å². The second kappa shape index (κ2) is 10.8. The van der Waals surface area contributed by atoms with E-state index in [0.29, 0.717) is 17.0 Å². The molecular formula is C28H28N2O4S. The highest BCUT2D eigenvalue weighted by Gasteiger charge is 2.42. The Morgan fingerprint density at radius 3 is 2.37 bits per heavy atom. The van der Waals surface area contributed by atoms with E-state index in [2.05, 4.69) is 4.99 Å². The summed E-state index contributed by atoms with van der Waals surface area (Å²) in [5.41, 5.74) is 5.24. The van der Waals surface area contributed by atoms with Gasteiger partial charge >= 0.3 is 11.9 Å². The highest BCUT2D eigenvalue weighted by Crippen LogP contribution is 2.41. The number of ether oxygens (including phenoxy) is 2. The number of carbonyl (C=O) groups excluding carboxylic acids is 2. The van der Waals surface area contributed by atoms with E-state index in [1.165, 1.54) is 0 Å². The lowest BCUT2D eigenvalue weighted by Gasteiger charge is -2.31. The highest BCUT2D eigenvalue weighted by molar-refractivity contribution is 7.13. The quantitative estimate of drug-likeness (QED) is 0.378. The summed E-state index contributed by atoms with van der Waals surface area (Å²) in [6.07, 6.45) is 0. The van der Waals surface area contributed by atoms with Gasteiger partial charge in [0.05, 0.1) is 24.5 Å². The molecule has 2 unspecified atom stereocenters. The fourth-order valence-electron chi connectivity index (χ4n) is 4.42. The summed E-state index contributed by atoms with van der Waals surface area (Å²) >= 11 is 1.55. The average molecular weight is 489 g/mol. The Bertz CT molecular complexity index is 1290. The number of aliphatic imine (C=N–C) groups is 1. The predicted octanol–water partition coefficient (Wildman–Crippen LogP) is 6.05. The van der Waals surface area contributed by atoms with Gasteiger partial charge in [-0.25, -0.2) is 9.78 Å². The summed E-state index contributed by atoms with van der Waals surface area (Å²) in [5, 5.41) is 2.89. The zero-order valence-electron chi connectivity index (χ0n) is 20.3. The molecular weight excluding hydrogens is 460 g/mol. The predicted molar refractivity (Wildman–Crippen MR) is 138 cm³/mol. The van der Waals surface area contributed by atoms with Gasteiger partial charge < -0.3 is 9.47 Å². The molecule has 0 bridgehead atoms. The van der Waals surface area contributed by atoms with Crippen molar-refractivity contribution >= 4 is 29.0 Å². The lowest BCUT2D eigenvalue weighted by Crippen LogP contribution is -2.36. The SMILES string of the molecule is CCOC(=O)C1=C(C)N=C(C)C(C(=O)OCC)C1c1cccc(-c2nc(-c3ccccc3)cs2)c1. The molecule has 1 aliphatic rings. The summed E-state index contributed by atoms with van der Waals surface area (Å²) in [5.74, 6) is -2.16. The average Bonchev–Trinajstić information content (AvgIpc) is 3.35. The van der Waals surface area contributed by atoms with E-state index < -0.39 is 23.8 Å². The van der Waals surface area contributed by atoms with Crippen LogP contribution in [0.1, 0.15) is 39.2 Å². The molecule has 0 radical (unpaired) electrons. The van der Waals surface area contributed by atoms with Crippen LogP contribution in [0.2, 0.25) is 0 Å². The van der Waals surface area contributed by atoms with Gasteiger partial charge in [0.25, 0.3) is 0 Å². The molecule has 0 fully saturated rings. The van der Waals surface area contributed by atoms with Crippen LogP contribution in [-0.4, -0.2) is 35.8 Å². The van der Waals surface area contributed by atoms with Crippen LogP contribution in [0.25, 0.3) is 21.8 Å². The smallest absolute Gasteiger partial charge is 0.336 e. The number of hydrogen-bond acceptors (Lipinski definition) is 7. The molecule has 1 aliphatic heterocycles. The molecule has 4 rings (SSSR count). The van der Waals surface area contributed by atoms with Gasteiger partial charge in [-0.05, 0) is 39.3 Å². The molecule has 35 heavy (non-hydrogen) atoms. The van der Waals surface area contributed by atoms with Gasteiger partial charge in [0.2, 0.25) is 0 Å². The largest absolute Gasteiger partial charge is 0.465 e. The van der Waals surface area contributed by atoms with Crippen LogP contribution in [0, 0.1) is 5.92 Å². The van der Waals surface area contributed by atoms with Crippen LogP contribution >= 0.6 is 11.3 Å². The van der Waals surface area contributed by atoms with E-state index in [1.807, 2.05) is 60.0 Å². The van der Waals surface area contributed by atoms with Gasteiger partial charge in [0.15, 0.2) is 0 Å². The fraction of sp³-hybridized carbons (Fsp3) is 0.286. The molecule has 7 heteroatoms. The molecule has 1 aromatic heterocycles. The number of benzene rings is 2. The van der Waals surface area contributed by atoms with Crippen LogP contribution in [-0.2, 0) is 19.1 Å². The van der Waals surface area contributed by atoms with Crippen molar-refractivity contribution in [2.24, 2.45) is 10.9 Å². The lowest BCUT2D eigenvalue weighted by atomic mass is 9.75. The van der Waals surface area contributed by atoms with Crippen LogP contribution in [0.3, 0.4) is 0 Å². The number of aromatic nitrogens is 1. The Hall–Kier alpha value is -3.58. The van der Waals surface area contributed by atoms with E-state index in [-0.39, 0.29) is 13.2 Å². The number of esters is 2. The molecule has 0 aliphatic carbocycles. The molecule has 3 aromatic rings. The van der Waals surface area contributed by atoms with Crippen LogP contribution in [0.4, 0.5) is 0 Å². The Labute approximate surface area is 209 Å². The van der Waals surface area contributed by atoms with Crippen molar-refractivity contribution < 1.29 is 19.1 Å². The first-order valence-corrected chi connectivity index (χ1v) is 12.5. The van der Waals surface area contributed by atoms with E-state index >= 15 is 0 Å².